The lowest BCUT2D eigenvalue weighted by Crippen LogP contribution is -2.36. The summed E-state index contributed by atoms with van der Waals surface area (Å²) in [5.74, 6) is 2.62. The molecule has 1 aromatic heterocycles. The van der Waals surface area contributed by atoms with Crippen LogP contribution in [0.3, 0.4) is 0 Å². The highest BCUT2D eigenvalue weighted by Crippen LogP contribution is 2.35. The van der Waals surface area contributed by atoms with Gasteiger partial charge in [0, 0.05) is 24.1 Å². The summed E-state index contributed by atoms with van der Waals surface area (Å²) in [7, 11) is 1.69. The van der Waals surface area contributed by atoms with E-state index in [1.165, 1.54) is 50.6 Å². The zero-order valence-electron chi connectivity index (χ0n) is 15.7. The Labute approximate surface area is 151 Å². The summed E-state index contributed by atoms with van der Waals surface area (Å²) < 4.78 is 5.31. The summed E-state index contributed by atoms with van der Waals surface area (Å²) >= 11 is 0. The molecule has 0 bridgehead atoms. The van der Waals surface area contributed by atoms with Crippen LogP contribution in [0.5, 0.6) is 5.75 Å². The van der Waals surface area contributed by atoms with Crippen molar-refractivity contribution in [1.29, 1.82) is 0 Å². The number of hydrogen-bond donors (Lipinski definition) is 1. The van der Waals surface area contributed by atoms with Crippen LogP contribution in [-0.2, 0) is 4.79 Å². The molecule has 0 spiro atoms. The van der Waals surface area contributed by atoms with Gasteiger partial charge < -0.3 is 10.1 Å². The second kappa shape index (κ2) is 8.68. The summed E-state index contributed by atoms with van der Waals surface area (Å²) in [5, 5.41) is 3.23. The number of aryl methyl sites for hydroxylation is 1. The normalized spacial score (nSPS) is 24.7. The Kier molecular flexibility index (Phi) is 6.33. The van der Waals surface area contributed by atoms with Crippen LogP contribution in [0.25, 0.3) is 0 Å². The van der Waals surface area contributed by atoms with Crippen molar-refractivity contribution in [1.82, 2.24) is 10.3 Å². The van der Waals surface area contributed by atoms with Gasteiger partial charge in [0.25, 0.3) is 0 Å². The fourth-order valence-corrected chi connectivity index (χ4v) is 4.43. The van der Waals surface area contributed by atoms with Crippen LogP contribution in [0.2, 0.25) is 0 Å². The summed E-state index contributed by atoms with van der Waals surface area (Å²) in [6.45, 7) is 2.87. The van der Waals surface area contributed by atoms with E-state index in [1.54, 1.807) is 7.11 Å². The number of ether oxygens (including phenoxy) is 1. The zero-order chi connectivity index (χ0) is 17.6. The summed E-state index contributed by atoms with van der Waals surface area (Å²) in [5.41, 5.74) is 2.17. The monoisotopic (exact) mass is 344 g/mol. The summed E-state index contributed by atoms with van der Waals surface area (Å²) in [6.07, 6.45) is 10.6. The minimum absolute atomic E-state index is 0.275. The Morgan fingerprint density at radius 1 is 1.12 bits per heavy atom. The number of hydrogen-bond acceptors (Lipinski definition) is 3. The molecule has 0 radical (unpaired) electrons. The van der Waals surface area contributed by atoms with Crippen molar-refractivity contribution in [3.8, 4) is 5.75 Å². The van der Waals surface area contributed by atoms with Gasteiger partial charge in [0.1, 0.15) is 5.75 Å². The number of methoxy groups -OCH3 is 1. The van der Waals surface area contributed by atoms with Gasteiger partial charge in [-0.05, 0) is 63.5 Å². The smallest absolute Gasteiger partial charge is 0.223 e. The van der Waals surface area contributed by atoms with Gasteiger partial charge in [-0.3, -0.25) is 9.78 Å². The second-order valence-corrected chi connectivity index (χ2v) is 7.82. The molecule has 1 aromatic rings. The van der Waals surface area contributed by atoms with Crippen molar-refractivity contribution >= 4 is 5.91 Å². The van der Waals surface area contributed by atoms with E-state index < -0.39 is 0 Å². The van der Waals surface area contributed by atoms with Crippen molar-refractivity contribution in [3.05, 3.63) is 23.5 Å². The van der Waals surface area contributed by atoms with E-state index in [9.17, 15) is 4.79 Å². The number of nitrogens with one attached hydrogen (secondary N) is 1. The maximum absolute atomic E-state index is 12.3. The van der Waals surface area contributed by atoms with Gasteiger partial charge in [-0.25, -0.2) is 0 Å². The van der Waals surface area contributed by atoms with Crippen LogP contribution in [0.15, 0.2) is 12.1 Å². The van der Waals surface area contributed by atoms with Gasteiger partial charge in [0.05, 0.1) is 12.8 Å². The van der Waals surface area contributed by atoms with E-state index >= 15 is 0 Å². The fraction of sp³-hybridized carbons (Fsp3) is 0.714. The van der Waals surface area contributed by atoms with E-state index in [2.05, 4.69) is 11.4 Å². The molecule has 1 heterocycles. The largest absolute Gasteiger partial charge is 0.495 e. The predicted molar refractivity (Wildman–Crippen MR) is 99.8 cm³/mol. The minimum Gasteiger partial charge on any atom is -0.495 e. The third-order valence-corrected chi connectivity index (χ3v) is 6.08. The van der Waals surface area contributed by atoms with E-state index in [1.807, 2.05) is 13.0 Å². The van der Waals surface area contributed by atoms with Crippen molar-refractivity contribution in [2.24, 2.45) is 11.8 Å². The number of nitrogens with zero attached hydrogens (tertiary/aromatic N) is 1. The third kappa shape index (κ3) is 4.74. The molecular formula is C21H32N2O2. The molecule has 2 aliphatic rings. The number of carbonyl (C=O) groups excluding carboxylic acids is 1. The van der Waals surface area contributed by atoms with Gasteiger partial charge in [-0.1, -0.05) is 19.3 Å². The Morgan fingerprint density at radius 3 is 2.48 bits per heavy atom. The minimum atomic E-state index is 0.275. The molecule has 138 valence electrons. The van der Waals surface area contributed by atoms with Crippen molar-refractivity contribution in [2.45, 2.75) is 70.6 Å². The molecule has 0 aliphatic heterocycles. The number of pyridine rings is 1. The quantitative estimate of drug-likeness (QED) is 0.863. The highest BCUT2D eigenvalue weighted by atomic mass is 16.5. The van der Waals surface area contributed by atoms with Gasteiger partial charge >= 0.3 is 0 Å². The lowest BCUT2D eigenvalue weighted by atomic mass is 9.80. The molecule has 4 heteroatoms. The van der Waals surface area contributed by atoms with Gasteiger partial charge in [0.2, 0.25) is 5.91 Å². The van der Waals surface area contributed by atoms with Crippen molar-refractivity contribution in [2.75, 3.05) is 13.7 Å². The number of aromatic nitrogens is 1. The molecule has 0 atom stereocenters. The second-order valence-electron chi connectivity index (χ2n) is 7.82. The third-order valence-electron chi connectivity index (χ3n) is 6.08. The van der Waals surface area contributed by atoms with E-state index in [4.69, 9.17) is 9.72 Å². The maximum Gasteiger partial charge on any atom is 0.223 e. The molecule has 0 aromatic carbocycles. The lowest BCUT2D eigenvalue weighted by molar-refractivity contribution is -0.126. The number of carbonyl (C=O) groups is 1. The van der Waals surface area contributed by atoms with E-state index in [0.717, 1.165) is 30.8 Å². The molecule has 0 unspecified atom stereocenters. The van der Waals surface area contributed by atoms with E-state index in [0.29, 0.717) is 17.7 Å². The molecule has 1 amide bonds. The van der Waals surface area contributed by atoms with Crippen molar-refractivity contribution < 1.29 is 9.53 Å². The zero-order valence-corrected chi connectivity index (χ0v) is 15.7. The lowest BCUT2D eigenvalue weighted by Gasteiger charge is -2.29. The number of amides is 1. The standard InChI is InChI=1S/C21H32N2O2/c1-15-20(25-2)13-12-19(23-15)17-10-8-16(9-11-17)14-22-21(24)18-6-4-3-5-7-18/h12-13,16-18H,3-11,14H2,1-2H3,(H,22,24)/t16-,17-. The average Bonchev–Trinajstić information content (AvgIpc) is 2.67. The van der Waals surface area contributed by atoms with Crippen LogP contribution in [0.4, 0.5) is 0 Å². The topological polar surface area (TPSA) is 51.2 Å². The molecule has 4 nitrogen and oxygen atoms in total. The molecule has 2 aliphatic carbocycles. The van der Waals surface area contributed by atoms with Crippen LogP contribution in [-0.4, -0.2) is 24.5 Å². The Morgan fingerprint density at radius 2 is 1.84 bits per heavy atom. The van der Waals surface area contributed by atoms with Crippen LogP contribution in [0, 0.1) is 18.8 Å². The summed E-state index contributed by atoms with van der Waals surface area (Å²) in [6, 6.07) is 4.15. The van der Waals surface area contributed by atoms with E-state index in [-0.39, 0.29) is 5.92 Å². The molecule has 3 rings (SSSR count). The Balaban J connectivity index is 1.44. The first-order chi connectivity index (χ1) is 12.2. The predicted octanol–water partition coefficient (Wildman–Crippen LogP) is 4.37. The van der Waals surface area contributed by atoms with Crippen LogP contribution in [0.1, 0.15) is 75.1 Å². The highest BCUT2D eigenvalue weighted by Gasteiger charge is 2.26. The molecule has 1 N–H and O–H groups in total. The molecule has 25 heavy (non-hydrogen) atoms. The molecule has 2 saturated carbocycles. The Hall–Kier alpha value is -1.58. The first-order valence-electron chi connectivity index (χ1n) is 9.96. The molecular weight excluding hydrogens is 312 g/mol. The maximum atomic E-state index is 12.3. The first-order valence-corrected chi connectivity index (χ1v) is 9.96. The van der Waals surface area contributed by atoms with Gasteiger partial charge in [0.15, 0.2) is 0 Å². The Bertz CT molecular complexity index is 573. The van der Waals surface area contributed by atoms with Gasteiger partial charge in [-0.2, -0.15) is 0 Å². The fourth-order valence-electron chi connectivity index (χ4n) is 4.43. The van der Waals surface area contributed by atoms with Crippen LogP contribution < -0.4 is 10.1 Å². The van der Waals surface area contributed by atoms with Crippen molar-refractivity contribution in [3.63, 3.8) is 0 Å². The average molecular weight is 344 g/mol. The van der Waals surface area contributed by atoms with Gasteiger partial charge in [-0.15, -0.1) is 0 Å². The number of rotatable bonds is 5. The SMILES string of the molecule is COc1ccc([C@H]2CC[C@H](CNC(=O)C3CCCCC3)CC2)nc1C. The molecule has 0 saturated heterocycles. The first kappa shape index (κ1) is 18.2. The molecule has 2 fully saturated rings. The summed E-state index contributed by atoms with van der Waals surface area (Å²) in [4.78, 5) is 17.0. The highest BCUT2D eigenvalue weighted by molar-refractivity contribution is 5.78. The van der Waals surface area contributed by atoms with Crippen LogP contribution >= 0.6 is 0 Å².